The molecule has 0 bridgehead atoms. The summed E-state index contributed by atoms with van der Waals surface area (Å²) >= 11 is 0. The van der Waals surface area contributed by atoms with Crippen LogP contribution in [0.2, 0.25) is 0 Å². The van der Waals surface area contributed by atoms with E-state index in [0.717, 1.165) is 116 Å². The minimum atomic E-state index is -0.785. The highest BCUT2D eigenvalue weighted by Crippen LogP contribution is 2.18. The lowest BCUT2D eigenvalue weighted by Crippen LogP contribution is -2.30. The van der Waals surface area contributed by atoms with E-state index < -0.39 is 6.10 Å². The number of ether oxygens (including phenoxy) is 3. The van der Waals surface area contributed by atoms with E-state index in [2.05, 4.69) is 69.4 Å². The first-order chi connectivity index (χ1) is 38.0. The van der Waals surface area contributed by atoms with Crippen LogP contribution in [0.4, 0.5) is 0 Å². The molecule has 0 saturated heterocycles. The van der Waals surface area contributed by atoms with E-state index in [4.69, 9.17) is 14.2 Å². The van der Waals surface area contributed by atoms with Gasteiger partial charge >= 0.3 is 17.9 Å². The minimum absolute atomic E-state index is 0.0805. The van der Waals surface area contributed by atoms with Crippen LogP contribution in [0, 0.1) is 0 Å². The Balaban J connectivity index is 4.05. The zero-order valence-corrected chi connectivity index (χ0v) is 51.7. The Hall–Kier alpha value is -2.63. The molecule has 6 nitrogen and oxygen atoms in total. The molecule has 0 aromatic heterocycles. The van der Waals surface area contributed by atoms with Crippen molar-refractivity contribution < 1.29 is 28.6 Å². The molecule has 0 fully saturated rings. The summed E-state index contributed by atoms with van der Waals surface area (Å²) in [7, 11) is 0. The highest BCUT2D eigenvalue weighted by molar-refractivity contribution is 5.71. The molecule has 77 heavy (non-hydrogen) atoms. The second-order valence-electron chi connectivity index (χ2n) is 23.1. The molecule has 0 aromatic carbocycles. The third kappa shape index (κ3) is 64.1. The Labute approximate surface area is 479 Å². The van der Waals surface area contributed by atoms with Crippen LogP contribution in [0.1, 0.15) is 367 Å². The zero-order chi connectivity index (χ0) is 55.7. The lowest BCUT2D eigenvalue weighted by Gasteiger charge is -2.18. The molecular formula is C71H130O6. The maximum atomic E-state index is 12.9. The number of carbonyl (C=O) groups excluding carboxylic acids is 3. The monoisotopic (exact) mass is 1080 g/mol. The van der Waals surface area contributed by atoms with E-state index in [0.29, 0.717) is 19.3 Å². The van der Waals surface area contributed by atoms with Gasteiger partial charge in [-0.25, -0.2) is 0 Å². The second-order valence-corrected chi connectivity index (χ2v) is 23.1. The topological polar surface area (TPSA) is 78.9 Å². The second kappa shape index (κ2) is 65.9. The maximum absolute atomic E-state index is 12.9. The standard InChI is InChI=1S/C71H130O6/c1-4-7-10-13-16-19-22-25-26-27-28-29-30-31-32-33-34-35-36-37-38-39-40-41-42-43-44-47-49-52-55-58-61-64-70(73)76-67-68(77-71(74)65-62-59-56-53-50-46-24-21-18-15-12-9-6-3)66-75-69(72)63-60-57-54-51-48-45-23-20-17-14-11-8-5-2/h11-12,14-15,20-21,23-24,68H,4-10,13,16-19,22,25-67H2,1-3H3/b14-11-,15-12-,23-20-,24-21-. The number of esters is 3. The zero-order valence-electron chi connectivity index (χ0n) is 51.7. The van der Waals surface area contributed by atoms with Crippen LogP contribution in [-0.4, -0.2) is 37.2 Å². The van der Waals surface area contributed by atoms with Gasteiger partial charge < -0.3 is 14.2 Å². The molecule has 0 aliphatic carbocycles. The highest BCUT2D eigenvalue weighted by atomic mass is 16.6. The van der Waals surface area contributed by atoms with Gasteiger partial charge in [0.05, 0.1) is 0 Å². The van der Waals surface area contributed by atoms with E-state index in [9.17, 15) is 14.4 Å². The Morgan fingerprint density at radius 1 is 0.260 bits per heavy atom. The molecule has 0 rings (SSSR count). The minimum Gasteiger partial charge on any atom is -0.462 e. The molecule has 0 aliphatic heterocycles. The van der Waals surface area contributed by atoms with Crippen molar-refractivity contribution in [3.05, 3.63) is 48.6 Å². The molecule has 1 unspecified atom stereocenters. The Bertz CT molecular complexity index is 1330. The quantitative estimate of drug-likeness (QED) is 0.0261. The smallest absolute Gasteiger partial charge is 0.306 e. The van der Waals surface area contributed by atoms with Gasteiger partial charge in [0.15, 0.2) is 6.10 Å². The van der Waals surface area contributed by atoms with E-state index in [1.54, 1.807) is 0 Å². The molecule has 0 heterocycles. The van der Waals surface area contributed by atoms with Gasteiger partial charge in [-0.15, -0.1) is 0 Å². The van der Waals surface area contributed by atoms with Gasteiger partial charge in [0.1, 0.15) is 13.2 Å². The molecule has 0 aliphatic rings. The lowest BCUT2D eigenvalue weighted by molar-refractivity contribution is -0.167. The molecule has 1 atom stereocenters. The predicted octanol–water partition coefficient (Wildman–Crippen LogP) is 23.3. The number of hydrogen-bond acceptors (Lipinski definition) is 6. The largest absolute Gasteiger partial charge is 0.462 e. The van der Waals surface area contributed by atoms with Crippen LogP contribution in [0.25, 0.3) is 0 Å². The molecule has 0 N–H and O–H groups in total. The molecule has 0 amide bonds. The van der Waals surface area contributed by atoms with Gasteiger partial charge in [-0.3, -0.25) is 14.4 Å². The van der Waals surface area contributed by atoms with Gasteiger partial charge in [0.2, 0.25) is 0 Å². The van der Waals surface area contributed by atoms with Crippen molar-refractivity contribution in [3.63, 3.8) is 0 Å². The summed E-state index contributed by atoms with van der Waals surface area (Å²) in [6.45, 7) is 6.54. The van der Waals surface area contributed by atoms with Crippen LogP contribution in [0.5, 0.6) is 0 Å². The molecule has 6 heteroatoms. The molecule has 0 radical (unpaired) electrons. The van der Waals surface area contributed by atoms with Gasteiger partial charge in [-0.05, 0) is 70.6 Å². The number of hydrogen-bond donors (Lipinski definition) is 0. The van der Waals surface area contributed by atoms with Gasteiger partial charge in [0, 0.05) is 19.3 Å². The van der Waals surface area contributed by atoms with Crippen molar-refractivity contribution in [2.75, 3.05) is 13.2 Å². The third-order valence-corrected chi connectivity index (χ3v) is 15.3. The van der Waals surface area contributed by atoms with Crippen LogP contribution in [0.15, 0.2) is 48.6 Å². The van der Waals surface area contributed by atoms with Crippen molar-refractivity contribution in [1.82, 2.24) is 0 Å². The Morgan fingerprint density at radius 3 is 0.766 bits per heavy atom. The number of unbranched alkanes of at least 4 members (excludes halogenated alkanes) is 44. The summed E-state index contributed by atoms with van der Waals surface area (Å²) in [5, 5.41) is 0. The SMILES string of the molecule is CCC/C=C\C/C=C\CCCCCCCC(=O)OCC(COC(=O)CCCCCCCCCCCCCCCCCCCCCCCCCCCCCCCCCCC)OC(=O)CCCCCCC/C=C\C/C=C\CCC. The fraction of sp³-hybridized carbons (Fsp3) is 0.845. The van der Waals surface area contributed by atoms with E-state index in [1.165, 1.54) is 212 Å². The van der Waals surface area contributed by atoms with Crippen molar-refractivity contribution >= 4 is 17.9 Å². The fourth-order valence-electron chi connectivity index (χ4n) is 10.2. The van der Waals surface area contributed by atoms with Crippen LogP contribution >= 0.6 is 0 Å². The maximum Gasteiger partial charge on any atom is 0.306 e. The molecule has 0 aromatic rings. The van der Waals surface area contributed by atoms with Gasteiger partial charge in [-0.1, -0.05) is 326 Å². The Kier molecular flexibility index (Phi) is 63.6. The van der Waals surface area contributed by atoms with Gasteiger partial charge in [0.25, 0.3) is 0 Å². The highest BCUT2D eigenvalue weighted by Gasteiger charge is 2.19. The van der Waals surface area contributed by atoms with E-state index in [-0.39, 0.29) is 31.1 Å². The van der Waals surface area contributed by atoms with Crippen LogP contribution < -0.4 is 0 Å². The molecular weight excluding hydrogens is 949 g/mol. The summed E-state index contributed by atoms with van der Waals surface area (Å²) in [6, 6.07) is 0. The Morgan fingerprint density at radius 2 is 0.494 bits per heavy atom. The van der Waals surface area contributed by atoms with Crippen molar-refractivity contribution in [3.8, 4) is 0 Å². The van der Waals surface area contributed by atoms with Crippen molar-refractivity contribution in [2.45, 2.75) is 374 Å². The third-order valence-electron chi connectivity index (χ3n) is 15.3. The lowest BCUT2D eigenvalue weighted by atomic mass is 10.0. The first-order valence-corrected chi connectivity index (χ1v) is 34.1. The first-order valence-electron chi connectivity index (χ1n) is 34.1. The number of rotatable bonds is 63. The summed E-state index contributed by atoms with van der Waals surface area (Å²) in [5.41, 5.74) is 0. The summed E-state index contributed by atoms with van der Waals surface area (Å²) < 4.78 is 16.9. The predicted molar refractivity (Wildman–Crippen MR) is 335 cm³/mol. The van der Waals surface area contributed by atoms with Crippen LogP contribution in [0.3, 0.4) is 0 Å². The summed E-state index contributed by atoms with van der Waals surface area (Å²) in [5.74, 6) is -0.892. The van der Waals surface area contributed by atoms with Crippen molar-refractivity contribution in [1.29, 1.82) is 0 Å². The van der Waals surface area contributed by atoms with E-state index in [1.807, 2.05) is 0 Å². The molecule has 0 spiro atoms. The number of carbonyl (C=O) groups is 3. The molecule has 0 saturated carbocycles. The average molecular weight is 1080 g/mol. The first kappa shape index (κ1) is 74.4. The average Bonchev–Trinajstić information content (AvgIpc) is 3.43. The van der Waals surface area contributed by atoms with E-state index >= 15 is 0 Å². The van der Waals surface area contributed by atoms with Crippen molar-refractivity contribution in [2.24, 2.45) is 0 Å². The number of allylic oxidation sites excluding steroid dienone is 8. The summed E-state index contributed by atoms with van der Waals surface area (Å²) in [6.07, 6.45) is 83.1. The van der Waals surface area contributed by atoms with Gasteiger partial charge in [-0.2, -0.15) is 0 Å². The molecule has 450 valence electrons. The van der Waals surface area contributed by atoms with Crippen LogP contribution in [-0.2, 0) is 28.6 Å². The fourth-order valence-corrected chi connectivity index (χ4v) is 10.2. The summed E-state index contributed by atoms with van der Waals surface area (Å²) in [4.78, 5) is 38.2. The normalized spacial score (nSPS) is 12.3.